The lowest BCUT2D eigenvalue weighted by Crippen LogP contribution is -2.46. The molecule has 0 radical (unpaired) electrons. The first-order chi connectivity index (χ1) is 7.75. The topological polar surface area (TPSA) is 21.3 Å². The van der Waals surface area contributed by atoms with Crippen molar-refractivity contribution in [2.75, 3.05) is 13.2 Å². The minimum absolute atomic E-state index is 0.202. The second kappa shape index (κ2) is 5.71. The number of nitrogens with one attached hydrogen (secondary N) is 1. The Labute approximate surface area is 108 Å². The summed E-state index contributed by atoms with van der Waals surface area (Å²) < 4.78 is 5.83. The lowest BCUT2D eigenvalue weighted by atomic mass is 9.75. The molecular weight excluding hydrogens is 210 g/mol. The average Bonchev–Trinajstić information content (AvgIpc) is 2.54. The molecule has 2 heteroatoms. The normalized spacial score (nSPS) is 30.2. The molecule has 102 valence electrons. The molecule has 0 aliphatic carbocycles. The largest absolute Gasteiger partial charge is 0.378 e. The van der Waals surface area contributed by atoms with Gasteiger partial charge in [-0.15, -0.1) is 0 Å². The first-order valence-electron chi connectivity index (χ1n) is 7.12. The summed E-state index contributed by atoms with van der Waals surface area (Å²) in [5.74, 6) is 0.786. The smallest absolute Gasteiger partial charge is 0.0616 e. The maximum atomic E-state index is 5.83. The number of rotatable bonds is 5. The Morgan fingerprint density at radius 3 is 2.41 bits per heavy atom. The van der Waals surface area contributed by atoms with E-state index in [-0.39, 0.29) is 5.54 Å². The zero-order valence-electron chi connectivity index (χ0n) is 12.6. The molecule has 0 spiro atoms. The summed E-state index contributed by atoms with van der Waals surface area (Å²) in [4.78, 5) is 0. The van der Waals surface area contributed by atoms with Crippen LogP contribution in [0.15, 0.2) is 0 Å². The van der Waals surface area contributed by atoms with Gasteiger partial charge < -0.3 is 10.1 Å². The van der Waals surface area contributed by atoms with Crippen LogP contribution < -0.4 is 5.32 Å². The van der Waals surface area contributed by atoms with Gasteiger partial charge in [-0.2, -0.15) is 0 Å². The van der Waals surface area contributed by atoms with Gasteiger partial charge in [-0.25, -0.2) is 0 Å². The van der Waals surface area contributed by atoms with Crippen LogP contribution in [0.1, 0.15) is 60.8 Å². The summed E-state index contributed by atoms with van der Waals surface area (Å²) in [7, 11) is 0. The molecule has 1 N–H and O–H groups in total. The average molecular weight is 241 g/mol. The van der Waals surface area contributed by atoms with Gasteiger partial charge in [0.25, 0.3) is 0 Å². The molecule has 0 saturated carbocycles. The minimum atomic E-state index is 0.202. The van der Waals surface area contributed by atoms with Crippen molar-refractivity contribution in [1.82, 2.24) is 5.32 Å². The van der Waals surface area contributed by atoms with Crippen LogP contribution in [0, 0.1) is 11.3 Å². The van der Waals surface area contributed by atoms with Crippen LogP contribution in [-0.2, 0) is 4.74 Å². The van der Waals surface area contributed by atoms with Gasteiger partial charge in [-0.1, -0.05) is 20.3 Å². The molecule has 0 aromatic carbocycles. The Hall–Kier alpha value is -0.0800. The summed E-state index contributed by atoms with van der Waals surface area (Å²) in [5, 5.41) is 3.68. The Kier molecular flexibility index (Phi) is 5.03. The summed E-state index contributed by atoms with van der Waals surface area (Å²) >= 11 is 0. The van der Waals surface area contributed by atoms with Crippen molar-refractivity contribution in [3.05, 3.63) is 0 Å². The first kappa shape index (κ1) is 15.0. The highest BCUT2D eigenvalue weighted by Gasteiger charge is 2.41. The number of ether oxygens (including phenoxy) is 1. The van der Waals surface area contributed by atoms with E-state index in [0.29, 0.717) is 11.5 Å². The van der Waals surface area contributed by atoms with Crippen molar-refractivity contribution in [2.24, 2.45) is 11.3 Å². The van der Waals surface area contributed by atoms with E-state index in [1.165, 1.54) is 19.3 Å². The zero-order chi connectivity index (χ0) is 13.1. The molecule has 0 aromatic heterocycles. The van der Waals surface area contributed by atoms with Gasteiger partial charge in [-0.05, 0) is 46.5 Å². The molecular formula is C15H31NO. The van der Waals surface area contributed by atoms with Crippen LogP contribution in [0.4, 0.5) is 0 Å². The van der Waals surface area contributed by atoms with E-state index in [0.717, 1.165) is 19.1 Å². The molecule has 2 unspecified atom stereocenters. The van der Waals surface area contributed by atoms with Crippen molar-refractivity contribution in [3.8, 4) is 0 Å². The van der Waals surface area contributed by atoms with Crippen LogP contribution in [0.25, 0.3) is 0 Å². The third kappa shape index (κ3) is 4.59. The maximum absolute atomic E-state index is 5.83. The van der Waals surface area contributed by atoms with E-state index in [9.17, 15) is 0 Å². The maximum Gasteiger partial charge on any atom is 0.0616 e. The van der Waals surface area contributed by atoms with E-state index < -0.39 is 0 Å². The molecule has 0 amide bonds. The number of hydrogen-bond acceptors (Lipinski definition) is 2. The van der Waals surface area contributed by atoms with Crippen LogP contribution in [0.3, 0.4) is 0 Å². The Bertz CT molecular complexity index is 232. The van der Waals surface area contributed by atoms with Gasteiger partial charge >= 0.3 is 0 Å². The summed E-state index contributed by atoms with van der Waals surface area (Å²) in [6.07, 6.45) is 4.20. The molecule has 1 fully saturated rings. The highest BCUT2D eigenvalue weighted by atomic mass is 16.5. The van der Waals surface area contributed by atoms with Gasteiger partial charge in [-0.3, -0.25) is 0 Å². The fourth-order valence-electron chi connectivity index (χ4n) is 2.49. The standard InChI is InChI=1S/C15H31NO/c1-12(2)7-8-15(9-10-17-13(15)3)11-16-14(4,5)6/h12-13,16H,7-11H2,1-6H3. The molecule has 1 aliphatic heterocycles. The van der Waals surface area contributed by atoms with Crippen molar-refractivity contribution >= 4 is 0 Å². The van der Waals surface area contributed by atoms with E-state index in [2.05, 4.69) is 46.9 Å². The van der Waals surface area contributed by atoms with Gasteiger partial charge in [0, 0.05) is 24.1 Å². The molecule has 2 nitrogen and oxygen atoms in total. The highest BCUT2D eigenvalue weighted by Crippen LogP contribution is 2.40. The first-order valence-corrected chi connectivity index (χ1v) is 7.12. The molecule has 17 heavy (non-hydrogen) atoms. The monoisotopic (exact) mass is 241 g/mol. The van der Waals surface area contributed by atoms with Crippen LogP contribution >= 0.6 is 0 Å². The summed E-state index contributed by atoms with van der Waals surface area (Å²) in [6, 6.07) is 0. The molecule has 1 aliphatic rings. The van der Waals surface area contributed by atoms with Crippen LogP contribution in [0.5, 0.6) is 0 Å². The van der Waals surface area contributed by atoms with Gasteiger partial charge in [0.05, 0.1) is 6.10 Å². The third-order valence-electron chi connectivity index (χ3n) is 4.02. The Morgan fingerprint density at radius 2 is 2.00 bits per heavy atom. The quantitative estimate of drug-likeness (QED) is 0.794. The third-order valence-corrected chi connectivity index (χ3v) is 4.02. The highest BCUT2D eigenvalue weighted by molar-refractivity contribution is 4.93. The second-order valence-electron chi connectivity index (χ2n) is 7.16. The lowest BCUT2D eigenvalue weighted by molar-refractivity contribution is 0.0522. The van der Waals surface area contributed by atoms with Crippen molar-refractivity contribution < 1.29 is 4.74 Å². The van der Waals surface area contributed by atoms with E-state index >= 15 is 0 Å². The molecule has 0 aromatic rings. The number of hydrogen-bond donors (Lipinski definition) is 1. The van der Waals surface area contributed by atoms with E-state index in [1.54, 1.807) is 0 Å². The fraction of sp³-hybridized carbons (Fsp3) is 1.00. The van der Waals surface area contributed by atoms with Gasteiger partial charge in [0.15, 0.2) is 0 Å². The van der Waals surface area contributed by atoms with Gasteiger partial charge in [0.2, 0.25) is 0 Å². The van der Waals surface area contributed by atoms with Crippen molar-refractivity contribution in [1.29, 1.82) is 0 Å². The fourth-order valence-corrected chi connectivity index (χ4v) is 2.49. The Balaban J connectivity index is 2.59. The molecule has 1 heterocycles. The van der Waals surface area contributed by atoms with Crippen molar-refractivity contribution in [2.45, 2.75) is 72.4 Å². The van der Waals surface area contributed by atoms with Crippen LogP contribution in [-0.4, -0.2) is 24.8 Å². The van der Waals surface area contributed by atoms with E-state index in [1.807, 2.05) is 0 Å². The summed E-state index contributed by atoms with van der Waals surface area (Å²) in [5.41, 5.74) is 0.560. The predicted octanol–water partition coefficient (Wildman–Crippen LogP) is 3.61. The van der Waals surface area contributed by atoms with Gasteiger partial charge in [0.1, 0.15) is 0 Å². The predicted molar refractivity (Wildman–Crippen MR) is 74.3 cm³/mol. The molecule has 2 atom stereocenters. The van der Waals surface area contributed by atoms with E-state index in [4.69, 9.17) is 4.74 Å². The summed E-state index contributed by atoms with van der Waals surface area (Å²) in [6.45, 7) is 15.6. The Morgan fingerprint density at radius 1 is 1.35 bits per heavy atom. The molecule has 1 saturated heterocycles. The van der Waals surface area contributed by atoms with Crippen LogP contribution in [0.2, 0.25) is 0 Å². The molecule has 1 rings (SSSR count). The molecule has 0 bridgehead atoms. The minimum Gasteiger partial charge on any atom is -0.378 e. The second-order valence-corrected chi connectivity index (χ2v) is 7.16. The lowest BCUT2D eigenvalue weighted by Gasteiger charge is -2.36. The van der Waals surface area contributed by atoms with Crippen molar-refractivity contribution in [3.63, 3.8) is 0 Å². The SMILES string of the molecule is CC(C)CCC1(CNC(C)(C)C)CCOC1C. The zero-order valence-corrected chi connectivity index (χ0v) is 12.6.